The van der Waals surface area contributed by atoms with Gasteiger partial charge in [-0.05, 0) is 31.0 Å². The number of hydrogen-bond acceptors (Lipinski definition) is 5. The van der Waals surface area contributed by atoms with Crippen molar-refractivity contribution in [3.63, 3.8) is 0 Å². The molecule has 0 saturated carbocycles. The van der Waals surface area contributed by atoms with Gasteiger partial charge in [0.05, 0.1) is 5.92 Å². The van der Waals surface area contributed by atoms with Gasteiger partial charge in [0.1, 0.15) is 5.82 Å². The minimum atomic E-state index is 0.173. The molecule has 6 nitrogen and oxygen atoms in total. The predicted molar refractivity (Wildman–Crippen MR) is 72.0 cm³/mol. The fourth-order valence-electron chi connectivity index (χ4n) is 3.07. The summed E-state index contributed by atoms with van der Waals surface area (Å²) in [5.41, 5.74) is 3.67. The van der Waals surface area contributed by atoms with Crippen LogP contribution in [0.2, 0.25) is 0 Å². The summed E-state index contributed by atoms with van der Waals surface area (Å²) in [6.45, 7) is 2.67. The van der Waals surface area contributed by atoms with Crippen LogP contribution in [0.1, 0.15) is 18.4 Å². The Hall–Kier alpha value is -1.66. The second kappa shape index (κ2) is 5.14. The van der Waals surface area contributed by atoms with Crippen molar-refractivity contribution in [2.24, 2.45) is 11.8 Å². The van der Waals surface area contributed by atoms with Gasteiger partial charge in [0.25, 0.3) is 0 Å². The standard InChI is InChI=1S/C13H19N5O/c14-17-12-4-3-9(6-15-12)8-18-5-1-2-10-11(18)7-16-13(10)19/h3-4,6,10-11H,1-2,5,7-8,14H2,(H,15,17)(H,16,19). The van der Waals surface area contributed by atoms with Crippen molar-refractivity contribution < 1.29 is 4.79 Å². The molecule has 1 aromatic rings. The maximum absolute atomic E-state index is 11.7. The molecule has 1 aromatic heterocycles. The lowest BCUT2D eigenvalue weighted by Crippen LogP contribution is -2.44. The van der Waals surface area contributed by atoms with E-state index in [0.717, 1.165) is 38.0 Å². The molecule has 3 heterocycles. The first-order valence-electron chi connectivity index (χ1n) is 6.71. The number of nitrogens with zero attached hydrogens (tertiary/aromatic N) is 2. The number of piperidine rings is 1. The second-order valence-electron chi connectivity index (χ2n) is 5.23. The van der Waals surface area contributed by atoms with E-state index in [1.165, 1.54) is 0 Å². The average molecular weight is 261 g/mol. The zero-order valence-corrected chi connectivity index (χ0v) is 10.8. The largest absolute Gasteiger partial charge is 0.354 e. The number of carbonyl (C=O) groups is 1. The number of likely N-dealkylation sites (tertiary alicyclic amines) is 1. The first-order chi connectivity index (χ1) is 9.28. The van der Waals surface area contributed by atoms with Crippen molar-refractivity contribution >= 4 is 11.7 Å². The monoisotopic (exact) mass is 261 g/mol. The van der Waals surface area contributed by atoms with Crippen LogP contribution in [0, 0.1) is 5.92 Å². The maximum atomic E-state index is 11.7. The molecular formula is C13H19N5O. The van der Waals surface area contributed by atoms with E-state index in [9.17, 15) is 4.79 Å². The van der Waals surface area contributed by atoms with Crippen LogP contribution >= 0.6 is 0 Å². The van der Waals surface area contributed by atoms with E-state index < -0.39 is 0 Å². The van der Waals surface area contributed by atoms with Crippen LogP contribution in [-0.2, 0) is 11.3 Å². The van der Waals surface area contributed by atoms with E-state index in [-0.39, 0.29) is 11.8 Å². The summed E-state index contributed by atoms with van der Waals surface area (Å²) in [5, 5.41) is 2.97. The number of rotatable bonds is 3. The van der Waals surface area contributed by atoms with Crippen LogP contribution in [0.25, 0.3) is 0 Å². The Morgan fingerprint density at radius 1 is 1.53 bits per heavy atom. The van der Waals surface area contributed by atoms with Gasteiger partial charge in [0.2, 0.25) is 5.91 Å². The molecule has 19 heavy (non-hydrogen) atoms. The lowest BCUT2D eigenvalue weighted by Gasteiger charge is -2.35. The van der Waals surface area contributed by atoms with Gasteiger partial charge in [-0.3, -0.25) is 9.69 Å². The molecule has 2 unspecified atom stereocenters. The smallest absolute Gasteiger partial charge is 0.224 e. The maximum Gasteiger partial charge on any atom is 0.224 e. The number of hydrogen-bond donors (Lipinski definition) is 3. The molecule has 2 saturated heterocycles. The highest BCUT2D eigenvalue weighted by Crippen LogP contribution is 2.28. The fourth-order valence-corrected chi connectivity index (χ4v) is 3.07. The Bertz CT molecular complexity index is 461. The lowest BCUT2D eigenvalue weighted by molar-refractivity contribution is -0.124. The third-order valence-corrected chi connectivity index (χ3v) is 4.07. The van der Waals surface area contributed by atoms with E-state index in [2.05, 4.69) is 20.6 Å². The Morgan fingerprint density at radius 2 is 2.42 bits per heavy atom. The third-order valence-electron chi connectivity index (χ3n) is 4.07. The zero-order chi connectivity index (χ0) is 13.2. The minimum Gasteiger partial charge on any atom is -0.354 e. The molecule has 3 rings (SSSR count). The molecule has 0 radical (unpaired) electrons. The number of pyridine rings is 1. The van der Waals surface area contributed by atoms with Gasteiger partial charge >= 0.3 is 0 Å². The van der Waals surface area contributed by atoms with Crippen molar-refractivity contribution in [3.8, 4) is 0 Å². The Morgan fingerprint density at radius 3 is 3.16 bits per heavy atom. The van der Waals surface area contributed by atoms with Crippen molar-refractivity contribution in [1.29, 1.82) is 0 Å². The molecule has 6 heteroatoms. The first kappa shape index (κ1) is 12.4. The van der Waals surface area contributed by atoms with E-state index in [1.807, 2.05) is 18.3 Å². The molecule has 2 aliphatic heterocycles. The first-order valence-corrected chi connectivity index (χ1v) is 6.71. The van der Waals surface area contributed by atoms with E-state index >= 15 is 0 Å². The molecule has 0 aromatic carbocycles. The quantitative estimate of drug-likeness (QED) is 0.530. The number of nitrogens with two attached hydrogens (primary N) is 1. The van der Waals surface area contributed by atoms with E-state index in [0.29, 0.717) is 11.9 Å². The summed E-state index contributed by atoms with van der Waals surface area (Å²) in [7, 11) is 0. The van der Waals surface area contributed by atoms with E-state index in [1.54, 1.807) is 0 Å². The average Bonchev–Trinajstić information content (AvgIpc) is 2.83. The number of fused-ring (bicyclic) bond motifs is 1. The molecule has 0 aliphatic carbocycles. The van der Waals surface area contributed by atoms with Gasteiger partial charge in [-0.25, -0.2) is 10.8 Å². The summed E-state index contributed by atoms with van der Waals surface area (Å²) in [6.07, 6.45) is 3.94. The molecule has 0 spiro atoms. The van der Waals surface area contributed by atoms with Crippen molar-refractivity contribution in [2.45, 2.75) is 25.4 Å². The number of nitrogen functional groups attached to an aromatic ring is 1. The van der Waals surface area contributed by atoms with Crippen LogP contribution in [-0.4, -0.2) is 34.9 Å². The SMILES string of the molecule is NNc1ccc(CN2CCCC3C(=O)NCC32)cn1. The molecule has 1 amide bonds. The molecule has 2 atom stereocenters. The molecule has 2 aliphatic rings. The van der Waals surface area contributed by atoms with Crippen LogP contribution < -0.4 is 16.6 Å². The highest BCUT2D eigenvalue weighted by molar-refractivity contribution is 5.82. The molecule has 4 N–H and O–H groups in total. The van der Waals surface area contributed by atoms with Crippen LogP contribution in [0.4, 0.5) is 5.82 Å². The topological polar surface area (TPSA) is 83.3 Å². The van der Waals surface area contributed by atoms with Crippen LogP contribution in [0.15, 0.2) is 18.3 Å². The van der Waals surface area contributed by atoms with Gasteiger partial charge in [-0.15, -0.1) is 0 Å². The third kappa shape index (κ3) is 2.41. The minimum absolute atomic E-state index is 0.173. The van der Waals surface area contributed by atoms with Gasteiger partial charge in [0, 0.05) is 25.3 Å². The summed E-state index contributed by atoms with van der Waals surface area (Å²) >= 11 is 0. The number of carbonyl (C=O) groups excluding carboxylic acids is 1. The van der Waals surface area contributed by atoms with Crippen molar-refractivity contribution in [1.82, 2.24) is 15.2 Å². The van der Waals surface area contributed by atoms with E-state index in [4.69, 9.17) is 5.84 Å². The fraction of sp³-hybridized carbons (Fsp3) is 0.538. The second-order valence-corrected chi connectivity index (χ2v) is 5.23. The number of nitrogens with one attached hydrogen (secondary N) is 2. The van der Waals surface area contributed by atoms with Gasteiger partial charge in [0.15, 0.2) is 0 Å². The van der Waals surface area contributed by atoms with Crippen LogP contribution in [0.3, 0.4) is 0 Å². The Labute approximate surface area is 112 Å². The van der Waals surface area contributed by atoms with Gasteiger partial charge < -0.3 is 10.7 Å². The summed E-state index contributed by atoms with van der Waals surface area (Å²) in [5.74, 6) is 6.36. The van der Waals surface area contributed by atoms with Gasteiger partial charge in [-0.2, -0.15) is 0 Å². The van der Waals surface area contributed by atoms with Crippen LogP contribution in [0.5, 0.6) is 0 Å². The lowest BCUT2D eigenvalue weighted by atomic mass is 9.91. The number of aromatic nitrogens is 1. The Balaban J connectivity index is 1.69. The number of amides is 1. The summed E-state index contributed by atoms with van der Waals surface area (Å²) in [4.78, 5) is 18.3. The summed E-state index contributed by atoms with van der Waals surface area (Å²) in [6, 6.07) is 4.23. The number of anilines is 1. The van der Waals surface area contributed by atoms with Crippen molar-refractivity contribution in [3.05, 3.63) is 23.9 Å². The highest BCUT2D eigenvalue weighted by Gasteiger charge is 2.40. The molecular weight excluding hydrogens is 242 g/mol. The Kier molecular flexibility index (Phi) is 3.35. The molecule has 0 bridgehead atoms. The van der Waals surface area contributed by atoms with Gasteiger partial charge in [-0.1, -0.05) is 6.07 Å². The molecule has 102 valence electrons. The highest BCUT2D eigenvalue weighted by atomic mass is 16.2. The van der Waals surface area contributed by atoms with Crippen molar-refractivity contribution in [2.75, 3.05) is 18.5 Å². The normalized spacial score (nSPS) is 26.9. The zero-order valence-electron chi connectivity index (χ0n) is 10.8. The number of hydrazine groups is 1. The predicted octanol–water partition coefficient (Wildman–Crippen LogP) is 0.0776. The summed E-state index contributed by atoms with van der Waals surface area (Å²) < 4.78 is 0. The molecule has 2 fully saturated rings.